The molecular formula is C9H10N4O. The molecule has 0 aliphatic carbocycles. The first-order chi connectivity index (χ1) is 6.65. The van der Waals surface area contributed by atoms with E-state index in [9.17, 15) is 4.79 Å². The van der Waals surface area contributed by atoms with Gasteiger partial charge in [0.2, 0.25) is 0 Å². The zero-order valence-electron chi connectivity index (χ0n) is 8.06. The molecule has 0 fully saturated rings. The summed E-state index contributed by atoms with van der Waals surface area (Å²) in [7, 11) is 0. The molecule has 2 aromatic rings. The van der Waals surface area contributed by atoms with Crippen molar-refractivity contribution in [2.75, 3.05) is 0 Å². The highest BCUT2D eigenvalue weighted by Crippen LogP contribution is 2.01. The number of carbonyl (C=O) groups is 1. The average molecular weight is 190 g/mol. The Kier molecular flexibility index (Phi) is 1.99. The highest BCUT2D eigenvalue weighted by Gasteiger charge is 2.06. The van der Waals surface area contributed by atoms with Gasteiger partial charge in [0, 0.05) is 12.4 Å². The van der Waals surface area contributed by atoms with E-state index in [1.165, 1.54) is 6.92 Å². The van der Waals surface area contributed by atoms with Gasteiger partial charge >= 0.3 is 0 Å². The van der Waals surface area contributed by atoms with Crippen LogP contribution < -0.4 is 0 Å². The van der Waals surface area contributed by atoms with Crippen LogP contribution >= 0.6 is 0 Å². The van der Waals surface area contributed by atoms with Crippen LogP contribution in [0, 0.1) is 6.92 Å². The van der Waals surface area contributed by atoms with Crippen molar-refractivity contribution in [3.63, 3.8) is 0 Å². The Bertz CT molecular complexity index is 489. The van der Waals surface area contributed by atoms with Gasteiger partial charge in [0.1, 0.15) is 5.78 Å². The van der Waals surface area contributed by atoms with Gasteiger partial charge in [0.15, 0.2) is 5.82 Å². The predicted molar refractivity (Wildman–Crippen MR) is 49.9 cm³/mol. The van der Waals surface area contributed by atoms with Gasteiger partial charge in [-0.05, 0) is 19.4 Å². The first-order valence-corrected chi connectivity index (χ1v) is 4.32. The van der Waals surface area contributed by atoms with Crippen LogP contribution in [0.15, 0.2) is 12.4 Å². The molecule has 5 nitrogen and oxygen atoms in total. The number of ketones is 1. The topological polar surface area (TPSA) is 60.2 Å². The highest BCUT2D eigenvalue weighted by molar-refractivity contribution is 5.77. The maximum absolute atomic E-state index is 10.8. The molecule has 0 atom stereocenters. The number of carbonyl (C=O) groups excluding carboxylic acids is 1. The van der Waals surface area contributed by atoms with E-state index in [4.69, 9.17) is 0 Å². The van der Waals surface area contributed by atoms with Crippen LogP contribution in [0.3, 0.4) is 0 Å². The predicted octanol–water partition coefficient (Wildman–Crippen LogP) is 0.564. The first kappa shape index (κ1) is 8.80. The van der Waals surface area contributed by atoms with Crippen molar-refractivity contribution in [1.82, 2.24) is 19.6 Å². The third-order valence-electron chi connectivity index (χ3n) is 1.77. The molecule has 0 radical (unpaired) electrons. The Morgan fingerprint density at radius 3 is 3.07 bits per heavy atom. The molecule has 5 heteroatoms. The van der Waals surface area contributed by atoms with Crippen molar-refractivity contribution < 1.29 is 4.79 Å². The number of aromatic nitrogens is 4. The summed E-state index contributed by atoms with van der Waals surface area (Å²) in [6, 6.07) is 0. The van der Waals surface area contributed by atoms with Crippen LogP contribution in [-0.2, 0) is 11.2 Å². The van der Waals surface area contributed by atoms with Crippen molar-refractivity contribution in [2.24, 2.45) is 0 Å². The van der Waals surface area contributed by atoms with Gasteiger partial charge < -0.3 is 0 Å². The lowest BCUT2D eigenvalue weighted by atomic mass is 10.3. The molecule has 0 N–H and O–H groups in total. The van der Waals surface area contributed by atoms with Crippen LogP contribution in [0.1, 0.15) is 18.3 Å². The number of rotatable bonds is 2. The van der Waals surface area contributed by atoms with Gasteiger partial charge in [-0.2, -0.15) is 4.98 Å². The number of fused-ring (bicyclic) bond motifs is 1. The molecule has 2 aromatic heterocycles. The molecule has 72 valence electrons. The molecule has 0 bridgehead atoms. The summed E-state index contributed by atoms with van der Waals surface area (Å²) in [5.74, 6) is 1.11. The maximum Gasteiger partial charge on any atom is 0.252 e. The minimum Gasteiger partial charge on any atom is -0.300 e. The van der Waals surface area contributed by atoms with E-state index >= 15 is 0 Å². The molecule has 0 aliphatic rings. The van der Waals surface area contributed by atoms with Gasteiger partial charge in [-0.3, -0.25) is 4.79 Å². The standard InChI is InChI=1S/C9H10N4O/c1-6-4-10-9-11-8(3-7(2)14)12-13(9)5-6/h4-5H,3H2,1-2H3. The second kappa shape index (κ2) is 3.17. The SMILES string of the molecule is CC(=O)Cc1nc2ncc(C)cn2n1. The summed E-state index contributed by atoms with van der Waals surface area (Å²) in [6.07, 6.45) is 3.82. The average Bonchev–Trinajstić information content (AvgIpc) is 2.44. The zero-order chi connectivity index (χ0) is 10.1. The summed E-state index contributed by atoms with van der Waals surface area (Å²) < 4.78 is 1.59. The lowest BCUT2D eigenvalue weighted by Crippen LogP contribution is -1.98. The Labute approximate surface area is 80.8 Å². The molecule has 0 saturated carbocycles. The highest BCUT2D eigenvalue weighted by atomic mass is 16.1. The van der Waals surface area contributed by atoms with Crippen LogP contribution in [0.4, 0.5) is 0 Å². The van der Waals surface area contributed by atoms with E-state index in [1.807, 2.05) is 13.1 Å². The van der Waals surface area contributed by atoms with E-state index in [0.29, 0.717) is 11.6 Å². The van der Waals surface area contributed by atoms with Gasteiger partial charge in [-0.25, -0.2) is 9.50 Å². The number of hydrogen-bond donors (Lipinski definition) is 0. The summed E-state index contributed by atoms with van der Waals surface area (Å²) in [5, 5.41) is 4.14. The van der Waals surface area contributed by atoms with Crippen molar-refractivity contribution in [3.8, 4) is 0 Å². The van der Waals surface area contributed by atoms with Gasteiger partial charge in [-0.15, -0.1) is 5.10 Å². The van der Waals surface area contributed by atoms with Crippen LogP contribution in [0.5, 0.6) is 0 Å². The Morgan fingerprint density at radius 2 is 2.36 bits per heavy atom. The first-order valence-electron chi connectivity index (χ1n) is 4.32. The molecule has 14 heavy (non-hydrogen) atoms. The second-order valence-electron chi connectivity index (χ2n) is 3.28. The fourth-order valence-corrected chi connectivity index (χ4v) is 1.22. The molecule has 0 aliphatic heterocycles. The molecule has 0 aromatic carbocycles. The molecule has 0 unspecified atom stereocenters. The van der Waals surface area contributed by atoms with Crippen LogP contribution in [0.25, 0.3) is 5.78 Å². The smallest absolute Gasteiger partial charge is 0.252 e. The third-order valence-corrected chi connectivity index (χ3v) is 1.77. The van der Waals surface area contributed by atoms with Crippen molar-refractivity contribution >= 4 is 11.6 Å². The van der Waals surface area contributed by atoms with Crippen LogP contribution in [0.2, 0.25) is 0 Å². The maximum atomic E-state index is 10.8. The molecule has 2 rings (SSSR count). The molecule has 0 spiro atoms. The van der Waals surface area contributed by atoms with Crippen molar-refractivity contribution in [1.29, 1.82) is 0 Å². The molecule has 0 amide bonds. The summed E-state index contributed by atoms with van der Waals surface area (Å²) >= 11 is 0. The molecule has 0 saturated heterocycles. The lowest BCUT2D eigenvalue weighted by molar-refractivity contribution is -0.116. The van der Waals surface area contributed by atoms with E-state index in [2.05, 4.69) is 15.1 Å². The summed E-state index contributed by atoms with van der Waals surface area (Å²) in [4.78, 5) is 19.0. The quantitative estimate of drug-likeness (QED) is 0.694. The zero-order valence-corrected chi connectivity index (χ0v) is 8.06. The van der Waals surface area contributed by atoms with E-state index in [1.54, 1.807) is 10.7 Å². The number of Topliss-reactive ketones (excluding diaryl/α,β-unsaturated/α-hetero) is 1. The normalized spacial score (nSPS) is 10.7. The summed E-state index contributed by atoms with van der Waals surface area (Å²) in [5.41, 5.74) is 1.01. The number of aryl methyl sites for hydroxylation is 1. The Morgan fingerprint density at radius 1 is 1.57 bits per heavy atom. The van der Waals surface area contributed by atoms with Gasteiger partial charge in [0.25, 0.3) is 5.78 Å². The number of hydrogen-bond acceptors (Lipinski definition) is 4. The summed E-state index contributed by atoms with van der Waals surface area (Å²) in [6.45, 7) is 3.45. The van der Waals surface area contributed by atoms with E-state index in [-0.39, 0.29) is 12.2 Å². The van der Waals surface area contributed by atoms with E-state index < -0.39 is 0 Å². The largest absolute Gasteiger partial charge is 0.300 e. The second-order valence-corrected chi connectivity index (χ2v) is 3.28. The third kappa shape index (κ3) is 1.61. The van der Waals surface area contributed by atoms with Gasteiger partial charge in [0.05, 0.1) is 6.42 Å². The van der Waals surface area contributed by atoms with Crippen molar-refractivity contribution in [2.45, 2.75) is 20.3 Å². The fraction of sp³-hybridized carbons (Fsp3) is 0.333. The number of nitrogens with zero attached hydrogens (tertiary/aromatic N) is 4. The molecule has 2 heterocycles. The molecular weight excluding hydrogens is 180 g/mol. The Balaban J connectivity index is 2.46. The minimum absolute atomic E-state index is 0.0534. The monoisotopic (exact) mass is 190 g/mol. The Hall–Kier alpha value is -1.78. The fourth-order valence-electron chi connectivity index (χ4n) is 1.22. The minimum atomic E-state index is 0.0534. The van der Waals surface area contributed by atoms with Gasteiger partial charge in [-0.1, -0.05) is 0 Å². The van der Waals surface area contributed by atoms with Crippen molar-refractivity contribution in [3.05, 3.63) is 23.8 Å². The lowest BCUT2D eigenvalue weighted by Gasteiger charge is -1.90. The van der Waals surface area contributed by atoms with E-state index in [0.717, 1.165) is 5.56 Å². The van der Waals surface area contributed by atoms with Crippen LogP contribution in [-0.4, -0.2) is 25.4 Å².